The zero-order valence-corrected chi connectivity index (χ0v) is 13.5. The number of rotatable bonds is 0. The van der Waals surface area contributed by atoms with Crippen LogP contribution < -0.4 is 0 Å². The van der Waals surface area contributed by atoms with Crippen LogP contribution in [0.5, 0.6) is 0 Å². The molecule has 0 aliphatic carbocycles. The van der Waals surface area contributed by atoms with Gasteiger partial charge in [-0.1, -0.05) is 0 Å². The second kappa shape index (κ2) is 3.25. The molecule has 0 N–H and O–H groups in total. The normalized spacial score (nSPS) is 33.3. The number of ether oxygens (including phenoxy) is 1. The molecule has 2 aliphatic rings. The fourth-order valence-electron chi connectivity index (χ4n) is 3.26. The monoisotopic (exact) mass is 356 g/mol. The molecule has 90 valence electrons. The Morgan fingerprint density at radius 3 is 1.59 bits per heavy atom. The van der Waals surface area contributed by atoms with E-state index in [2.05, 4.69) is 71.7 Å². The Labute approximate surface area is 118 Å². The summed E-state index contributed by atoms with van der Waals surface area (Å²) in [6, 6.07) is 0. The quantitative estimate of drug-likeness (QED) is 0.602. The maximum Gasteiger partial charge on any atom is 0.111 e. The van der Waals surface area contributed by atoms with Gasteiger partial charge in [-0.25, -0.2) is 0 Å². The molecule has 1 aromatic rings. The highest BCUT2D eigenvalue weighted by Crippen LogP contribution is 2.57. The topological polar surface area (TPSA) is 9.23 Å². The fourth-order valence-corrected chi connectivity index (χ4v) is 4.25. The maximum atomic E-state index is 6.24. The van der Waals surface area contributed by atoms with Crippen molar-refractivity contribution in [3.63, 3.8) is 0 Å². The Kier molecular flexibility index (Phi) is 2.28. The summed E-state index contributed by atoms with van der Waals surface area (Å²) in [4.78, 5) is 0. The Balaban J connectivity index is 2.47. The van der Waals surface area contributed by atoms with Crippen LogP contribution in [0.15, 0.2) is 21.1 Å². The minimum atomic E-state index is -0.262. The molecular weight excluding hydrogens is 344 g/mol. The van der Waals surface area contributed by atoms with Crippen molar-refractivity contribution in [1.29, 1.82) is 0 Å². The van der Waals surface area contributed by atoms with Gasteiger partial charge in [0.2, 0.25) is 0 Å². The van der Waals surface area contributed by atoms with Gasteiger partial charge in [0.1, 0.15) is 11.2 Å². The van der Waals surface area contributed by atoms with Gasteiger partial charge in [0, 0.05) is 8.95 Å². The van der Waals surface area contributed by atoms with E-state index in [9.17, 15) is 0 Å². The van der Waals surface area contributed by atoms with Crippen molar-refractivity contribution in [2.24, 2.45) is 0 Å². The largest absolute Gasteiger partial charge is 0.351 e. The van der Waals surface area contributed by atoms with Gasteiger partial charge < -0.3 is 4.74 Å². The highest BCUT2D eigenvalue weighted by molar-refractivity contribution is 9.13. The number of halogens is 2. The smallest absolute Gasteiger partial charge is 0.111 e. The lowest BCUT2D eigenvalue weighted by atomic mass is 9.79. The van der Waals surface area contributed by atoms with Gasteiger partial charge in [-0.3, -0.25) is 0 Å². The summed E-state index contributed by atoms with van der Waals surface area (Å²) in [6.07, 6.45) is 4.37. The van der Waals surface area contributed by atoms with Crippen LogP contribution in [-0.4, -0.2) is 0 Å². The van der Waals surface area contributed by atoms with Crippen LogP contribution in [0.4, 0.5) is 0 Å². The second-order valence-corrected chi connectivity index (χ2v) is 6.86. The van der Waals surface area contributed by atoms with E-state index in [0.717, 1.165) is 8.95 Å². The average molecular weight is 358 g/mol. The van der Waals surface area contributed by atoms with Crippen molar-refractivity contribution in [2.45, 2.75) is 38.9 Å². The maximum absolute atomic E-state index is 6.24. The lowest BCUT2D eigenvalue weighted by Crippen LogP contribution is -2.17. The van der Waals surface area contributed by atoms with Gasteiger partial charge >= 0.3 is 0 Å². The van der Waals surface area contributed by atoms with Crippen LogP contribution in [0, 0.1) is 13.8 Å². The lowest BCUT2D eigenvalue weighted by molar-refractivity contribution is -0.0498. The summed E-state index contributed by atoms with van der Waals surface area (Å²) in [5, 5.41) is 0. The number of fused-ring (bicyclic) bond motifs is 5. The van der Waals surface area contributed by atoms with Gasteiger partial charge in [0.15, 0.2) is 0 Å². The minimum absolute atomic E-state index is 0.262. The van der Waals surface area contributed by atoms with Gasteiger partial charge in [-0.15, -0.1) is 0 Å². The molecule has 3 heteroatoms. The summed E-state index contributed by atoms with van der Waals surface area (Å²) in [7, 11) is 0. The van der Waals surface area contributed by atoms with Gasteiger partial charge in [-0.2, -0.15) is 0 Å². The SMILES string of the molecule is Cc1c(Br)c(Br)c(C)c2c1[C@@]1(C)C=C[C@]2(C)O1. The summed E-state index contributed by atoms with van der Waals surface area (Å²) in [5.41, 5.74) is 4.68. The van der Waals surface area contributed by atoms with Gasteiger partial charge in [-0.05, 0) is 94.0 Å². The Morgan fingerprint density at radius 2 is 1.24 bits per heavy atom. The molecular formula is C14H14Br2O. The van der Waals surface area contributed by atoms with Crippen molar-refractivity contribution in [3.8, 4) is 0 Å². The van der Waals surface area contributed by atoms with Gasteiger partial charge in [0.25, 0.3) is 0 Å². The zero-order valence-electron chi connectivity index (χ0n) is 10.3. The molecule has 0 saturated carbocycles. The third-order valence-electron chi connectivity index (χ3n) is 3.99. The van der Waals surface area contributed by atoms with E-state index in [1.54, 1.807) is 0 Å². The summed E-state index contributed by atoms with van der Waals surface area (Å²) in [6.45, 7) is 8.60. The molecule has 0 amide bonds. The van der Waals surface area contributed by atoms with E-state index in [1.165, 1.54) is 22.3 Å². The molecule has 0 radical (unpaired) electrons. The first kappa shape index (κ1) is 11.9. The molecule has 2 aliphatic heterocycles. The molecule has 1 aromatic carbocycles. The second-order valence-electron chi connectivity index (χ2n) is 5.28. The van der Waals surface area contributed by atoms with E-state index < -0.39 is 0 Å². The van der Waals surface area contributed by atoms with E-state index in [4.69, 9.17) is 4.74 Å². The van der Waals surface area contributed by atoms with E-state index in [1.807, 2.05) is 0 Å². The van der Waals surface area contributed by atoms with E-state index >= 15 is 0 Å². The van der Waals surface area contributed by atoms with Crippen molar-refractivity contribution >= 4 is 31.9 Å². The minimum Gasteiger partial charge on any atom is -0.351 e. The van der Waals surface area contributed by atoms with Crippen LogP contribution in [-0.2, 0) is 15.9 Å². The molecule has 2 heterocycles. The number of benzene rings is 1. The van der Waals surface area contributed by atoms with Crippen molar-refractivity contribution < 1.29 is 4.74 Å². The predicted molar refractivity (Wildman–Crippen MR) is 76.2 cm³/mol. The van der Waals surface area contributed by atoms with Crippen LogP contribution >= 0.6 is 31.9 Å². The molecule has 3 rings (SSSR count). The molecule has 0 unspecified atom stereocenters. The van der Waals surface area contributed by atoms with Crippen molar-refractivity contribution in [2.75, 3.05) is 0 Å². The molecule has 0 fully saturated rings. The molecule has 1 nitrogen and oxygen atoms in total. The Bertz CT molecular complexity index is 527. The van der Waals surface area contributed by atoms with Crippen LogP contribution in [0.1, 0.15) is 36.1 Å². The molecule has 2 atom stereocenters. The first-order chi connectivity index (χ1) is 7.80. The number of hydrogen-bond acceptors (Lipinski definition) is 1. The van der Waals surface area contributed by atoms with Crippen LogP contribution in [0.3, 0.4) is 0 Å². The Morgan fingerprint density at radius 1 is 0.882 bits per heavy atom. The van der Waals surface area contributed by atoms with E-state index in [0.29, 0.717) is 0 Å². The summed E-state index contributed by atoms with van der Waals surface area (Å²) < 4.78 is 8.52. The third kappa shape index (κ3) is 1.28. The van der Waals surface area contributed by atoms with Crippen molar-refractivity contribution in [3.05, 3.63) is 43.4 Å². The lowest BCUT2D eigenvalue weighted by Gasteiger charge is -2.24. The zero-order chi connectivity index (χ0) is 12.6. The van der Waals surface area contributed by atoms with Crippen molar-refractivity contribution in [1.82, 2.24) is 0 Å². The first-order valence-corrected chi connectivity index (χ1v) is 7.28. The predicted octanol–water partition coefficient (Wildman–Crippen LogP) is 4.86. The molecule has 0 spiro atoms. The summed E-state index contributed by atoms with van der Waals surface area (Å²) >= 11 is 7.34. The average Bonchev–Trinajstić information content (AvgIpc) is 2.69. The molecule has 2 bridgehead atoms. The molecule has 0 aromatic heterocycles. The molecule has 17 heavy (non-hydrogen) atoms. The highest BCUT2D eigenvalue weighted by atomic mass is 79.9. The number of hydrogen-bond donors (Lipinski definition) is 0. The Hall–Kier alpha value is -0.120. The highest BCUT2D eigenvalue weighted by Gasteiger charge is 2.52. The molecule has 0 saturated heterocycles. The fraction of sp³-hybridized carbons (Fsp3) is 0.429. The third-order valence-corrected chi connectivity index (χ3v) is 6.50. The first-order valence-electron chi connectivity index (χ1n) is 5.70. The van der Waals surface area contributed by atoms with Crippen LogP contribution in [0.2, 0.25) is 0 Å². The van der Waals surface area contributed by atoms with Gasteiger partial charge in [0.05, 0.1) is 0 Å². The summed E-state index contributed by atoms with van der Waals surface area (Å²) in [5.74, 6) is 0. The van der Waals surface area contributed by atoms with Crippen LogP contribution in [0.25, 0.3) is 0 Å². The van der Waals surface area contributed by atoms with E-state index in [-0.39, 0.29) is 11.2 Å². The standard InChI is InChI=1S/C14H14Br2O/c1-7-9-10(8(2)12(16)11(7)15)14(4)6-5-13(9,3)17-14/h5-6H,1-4H3/t13-,14+.